The van der Waals surface area contributed by atoms with Crippen LogP contribution >= 0.6 is 11.3 Å². The lowest BCUT2D eigenvalue weighted by atomic mass is 10.2. The van der Waals surface area contributed by atoms with E-state index in [0.29, 0.717) is 6.54 Å². The molecule has 1 fully saturated rings. The van der Waals surface area contributed by atoms with Crippen LogP contribution in [0.15, 0.2) is 21.7 Å². The van der Waals surface area contributed by atoms with Gasteiger partial charge in [0, 0.05) is 19.6 Å². The lowest BCUT2D eigenvalue weighted by molar-refractivity contribution is -0.122. The molecule has 6 nitrogen and oxygen atoms in total. The fraction of sp³-hybridized carbons (Fsp3) is 0.444. The third kappa shape index (κ3) is 2.34. The van der Waals surface area contributed by atoms with Gasteiger partial charge < -0.3 is 11.1 Å². The summed E-state index contributed by atoms with van der Waals surface area (Å²) in [5, 5.41) is 4.65. The average Bonchev–Trinajstić information content (AvgIpc) is 2.83. The van der Waals surface area contributed by atoms with E-state index in [4.69, 9.17) is 5.73 Å². The van der Waals surface area contributed by atoms with Crippen molar-refractivity contribution in [2.75, 3.05) is 19.6 Å². The van der Waals surface area contributed by atoms with Crippen LogP contribution in [0.3, 0.4) is 0 Å². The van der Waals surface area contributed by atoms with Gasteiger partial charge in [0.2, 0.25) is 5.91 Å². The van der Waals surface area contributed by atoms with Gasteiger partial charge in [-0.15, -0.1) is 11.3 Å². The third-order valence-electron chi connectivity index (χ3n) is 2.58. The molecule has 0 saturated carbocycles. The largest absolute Gasteiger partial charge is 0.368 e. The van der Waals surface area contributed by atoms with E-state index >= 15 is 0 Å². The quantitative estimate of drug-likeness (QED) is 0.755. The van der Waals surface area contributed by atoms with Gasteiger partial charge in [0.15, 0.2) is 0 Å². The summed E-state index contributed by atoms with van der Waals surface area (Å²) in [7, 11) is -3.60. The minimum absolute atomic E-state index is 0.241. The monoisotopic (exact) mass is 275 g/mol. The minimum atomic E-state index is -3.60. The number of piperazine rings is 1. The van der Waals surface area contributed by atoms with Gasteiger partial charge in [-0.25, -0.2) is 8.42 Å². The van der Waals surface area contributed by atoms with Crippen molar-refractivity contribution >= 4 is 27.3 Å². The van der Waals surface area contributed by atoms with E-state index < -0.39 is 22.0 Å². The molecule has 0 radical (unpaired) electrons. The van der Waals surface area contributed by atoms with Crippen molar-refractivity contribution in [2.45, 2.75) is 10.3 Å². The van der Waals surface area contributed by atoms with Crippen molar-refractivity contribution in [3.8, 4) is 0 Å². The molecule has 1 aliphatic heterocycles. The summed E-state index contributed by atoms with van der Waals surface area (Å²) in [5.74, 6) is -0.627. The highest BCUT2D eigenvalue weighted by Crippen LogP contribution is 2.23. The number of thiophene rings is 1. The number of nitrogens with two attached hydrogens (primary N) is 1. The lowest BCUT2D eigenvalue weighted by Crippen LogP contribution is -2.58. The Morgan fingerprint density at radius 3 is 2.94 bits per heavy atom. The molecule has 0 aromatic carbocycles. The summed E-state index contributed by atoms with van der Waals surface area (Å²) in [6, 6.07) is 2.38. The maximum Gasteiger partial charge on any atom is 0.253 e. The molecule has 1 amide bonds. The van der Waals surface area contributed by atoms with E-state index in [2.05, 4.69) is 5.32 Å². The van der Waals surface area contributed by atoms with E-state index in [1.807, 2.05) is 0 Å². The van der Waals surface area contributed by atoms with Crippen molar-refractivity contribution in [3.63, 3.8) is 0 Å². The van der Waals surface area contributed by atoms with Gasteiger partial charge in [-0.2, -0.15) is 4.31 Å². The highest BCUT2D eigenvalue weighted by Gasteiger charge is 2.36. The Hall–Kier alpha value is -0.960. The maximum atomic E-state index is 12.3. The fourth-order valence-corrected chi connectivity index (χ4v) is 4.46. The first-order valence-electron chi connectivity index (χ1n) is 5.09. The Morgan fingerprint density at radius 2 is 2.35 bits per heavy atom. The van der Waals surface area contributed by atoms with Crippen molar-refractivity contribution in [1.82, 2.24) is 9.62 Å². The Kier molecular flexibility index (Phi) is 3.48. The zero-order chi connectivity index (χ0) is 12.5. The summed E-state index contributed by atoms with van der Waals surface area (Å²) in [6.45, 7) is 1.04. The number of nitrogens with zero attached hydrogens (tertiary/aromatic N) is 1. The van der Waals surface area contributed by atoms with Crippen LogP contribution in [-0.4, -0.2) is 44.3 Å². The molecule has 1 unspecified atom stereocenters. The van der Waals surface area contributed by atoms with Crippen LogP contribution < -0.4 is 11.1 Å². The second-order valence-electron chi connectivity index (χ2n) is 3.67. The molecule has 8 heteroatoms. The Labute approximate surface area is 103 Å². The zero-order valence-electron chi connectivity index (χ0n) is 9.00. The first-order chi connectivity index (χ1) is 8.03. The summed E-state index contributed by atoms with van der Waals surface area (Å²) in [6.07, 6.45) is 0. The van der Waals surface area contributed by atoms with Crippen LogP contribution in [0.1, 0.15) is 0 Å². The van der Waals surface area contributed by atoms with E-state index in [-0.39, 0.29) is 17.3 Å². The summed E-state index contributed by atoms with van der Waals surface area (Å²) in [4.78, 5) is 11.3. The molecular weight excluding hydrogens is 262 g/mol. The van der Waals surface area contributed by atoms with Crippen molar-refractivity contribution < 1.29 is 13.2 Å². The van der Waals surface area contributed by atoms with Crippen LogP contribution in [0.25, 0.3) is 0 Å². The predicted octanol–water partition coefficient (Wildman–Crippen LogP) is -0.804. The molecule has 0 aliphatic carbocycles. The number of nitrogens with one attached hydrogen (secondary N) is 1. The van der Waals surface area contributed by atoms with Crippen molar-refractivity contribution in [3.05, 3.63) is 17.5 Å². The van der Waals surface area contributed by atoms with Crippen LogP contribution in [0.5, 0.6) is 0 Å². The van der Waals surface area contributed by atoms with Crippen LogP contribution in [0.4, 0.5) is 0 Å². The molecule has 1 aliphatic rings. The SMILES string of the molecule is NC(=O)C1CNCCN1S(=O)(=O)c1cccs1. The van der Waals surface area contributed by atoms with Gasteiger partial charge in [-0.1, -0.05) is 6.07 Å². The number of sulfonamides is 1. The van der Waals surface area contributed by atoms with Gasteiger partial charge in [-0.3, -0.25) is 4.79 Å². The number of primary amides is 1. The first-order valence-corrected chi connectivity index (χ1v) is 7.41. The summed E-state index contributed by atoms with van der Waals surface area (Å²) < 4.78 is 25.9. The number of hydrogen-bond donors (Lipinski definition) is 2. The van der Waals surface area contributed by atoms with Crippen molar-refractivity contribution in [1.29, 1.82) is 0 Å². The fourth-order valence-electron chi connectivity index (χ4n) is 1.74. The molecule has 0 spiro atoms. The minimum Gasteiger partial charge on any atom is -0.368 e. The van der Waals surface area contributed by atoms with Crippen molar-refractivity contribution in [2.24, 2.45) is 5.73 Å². The number of rotatable bonds is 3. The topological polar surface area (TPSA) is 92.5 Å². The van der Waals surface area contributed by atoms with E-state index in [1.165, 1.54) is 10.4 Å². The normalized spacial score (nSPS) is 22.5. The smallest absolute Gasteiger partial charge is 0.253 e. The molecule has 1 saturated heterocycles. The number of amides is 1. The molecule has 17 heavy (non-hydrogen) atoms. The molecule has 2 rings (SSSR count). The molecule has 94 valence electrons. The van der Waals surface area contributed by atoms with E-state index in [1.54, 1.807) is 11.4 Å². The highest BCUT2D eigenvalue weighted by atomic mass is 32.2. The molecular formula is C9H13N3O3S2. The van der Waals surface area contributed by atoms with Crippen LogP contribution in [-0.2, 0) is 14.8 Å². The molecule has 1 atom stereocenters. The summed E-state index contributed by atoms with van der Waals surface area (Å²) >= 11 is 1.14. The number of hydrogen-bond acceptors (Lipinski definition) is 5. The van der Waals surface area contributed by atoms with E-state index in [9.17, 15) is 13.2 Å². The Balaban J connectivity index is 2.34. The van der Waals surface area contributed by atoms with Gasteiger partial charge in [0.25, 0.3) is 10.0 Å². The standard InChI is InChI=1S/C9H13N3O3S2/c10-9(13)7-6-11-3-4-12(7)17(14,15)8-2-1-5-16-8/h1-2,5,7,11H,3-4,6H2,(H2,10,13). The van der Waals surface area contributed by atoms with Gasteiger partial charge >= 0.3 is 0 Å². The molecule has 0 bridgehead atoms. The van der Waals surface area contributed by atoms with Gasteiger partial charge in [0.05, 0.1) is 0 Å². The van der Waals surface area contributed by atoms with E-state index in [0.717, 1.165) is 11.3 Å². The zero-order valence-corrected chi connectivity index (χ0v) is 10.6. The second kappa shape index (κ2) is 4.73. The number of carbonyl (C=O) groups is 1. The Bertz CT molecular complexity index is 498. The second-order valence-corrected chi connectivity index (χ2v) is 6.74. The van der Waals surface area contributed by atoms with Crippen LogP contribution in [0.2, 0.25) is 0 Å². The average molecular weight is 275 g/mol. The lowest BCUT2D eigenvalue weighted by Gasteiger charge is -2.32. The summed E-state index contributed by atoms with van der Waals surface area (Å²) in [5.41, 5.74) is 5.23. The molecule has 2 heterocycles. The predicted molar refractivity (Wildman–Crippen MR) is 64.1 cm³/mol. The molecule has 1 aromatic rings. The molecule has 3 N–H and O–H groups in total. The first kappa shape index (κ1) is 12.5. The molecule has 1 aromatic heterocycles. The Morgan fingerprint density at radius 1 is 1.59 bits per heavy atom. The van der Waals surface area contributed by atoms with Gasteiger partial charge in [0.1, 0.15) is 10.3 Å². The number of carbonyl (C=O) groups excluding carboxylic acids is 1. The highest BCUT2D eigenvalue weighted by molar-refractivity contribution is 7.91. The maximum absolute atomic E-state index is 12.3. The van der Waals surface area contributed by atoms with Crippen LogP contribution in [0, 0.1) is 0 Å². The third-order valence-corrected chi connectivity index (χ3v) is 5.86. The van der Waals surface area contributed by atoms with Gasteiger partial charge in [-0.05, 0) is 11.4 Å².